The SMILES string of the molecule is CCCCCCCCCCN(CCCl)CCCC. The molecular formula is C16H34ClN. The molecule has 18 heavy (non-hydrogen) atoms. The van der Waals surface area contributed by atoms with E-state index >= 15 is 0 Å². The summed E-state index contributed by atoms with van der Waals surface area (Å²) in [5.41, 5.74) is 0. The highest BCUT2D eigenvalue weighted by atomic mass is 35.5. The van der Waals surface area contributed by atoms with E-state index in [0.717, 1.165) is 12.4 Å². The molecule has 0 aromatic rings. The Labute approximate surface area is 120 Å². The molecule has 0 saturated carbocycles. The Morgan fingerprint density at radius 3 is 1.67 bits per heavy atom. The second kappa shape index (κ2) is 15.3. The smallest absolute Gasteiger partial charge is 0.0351 e. The first-order valence-corrected chi connectivity index (χ1v) is 8.66. The van der Waals surface area contributed by atoms with E-state index in [1.54, 1.807) is 0 Å². The highest BCUT2D eigenvalue weighted by Gasteiger charge is 2.02. The second-order valence-corrected chi connectivity index (χ2v) is 5.74. The Hall–Kier alpha value is 0.250. The second-order valence-electron chi connectivity index (χ2n) is 5.36. The molecule has 0 rings (SSSR count). The van der Waals surface area contributed by atoms with Gasteiger partial charge in [0.2, 0.25) is 0 Å². The molecule has 0 aliphatic heterocycles. The summed E-state index contributed by atoms with van der Waals surface area (Å²) >= 11 is 5.84. The Kier molecular flexibility index (Phi) is 15.5. The van der Waals surface area contributed by atoms with Crippen LogP contribution in [-0.4, -0.2) is 30.4 Å². The average molecular weight is 276 g/mol. The van der Waals surface area contributed by atoms with Gasteiger partial charge in [-0.3, -0.25) is 0 Å². The number of rotatable bonds is 14. The van der Waals surface area contributed by atoms with Gasteiger partial charge in [-0.2, -0.15) is 0 Å². The fraction of sp³-hybridized carbons (Fsp3) is 1.00. The minimum atomic E-state index is 0.779. The Bertz CT molecular complexity index is 150. The summed E-state index contributed by atoms with van der Waals surface area (Å²) in [6.07, 6.45) is 13.9. The molecular weight excluding hydrogens is 242 g/mol. The normalized spacial score (nSPS) is 11.3. The Morgan fingerprint density at radius 2 is 1.11 bits per heavy atom. The third-order valence-electron chi connectivity index (χ3n) is 3.56. The molecule has 2 heteroatoms. The van der Waals surface area contributed by atoms with Gasteiger partial charge in [-0.1, -0.05) is 65.2 Å². The van der Waals surface area contributed by atoms with E-state index < -0.39 is 0 Å². The zero-order valence-electron chi connectivity index (χ0n) is 12.7. The number of hydrogen-bond donors (Lipinski definition) is 0. The highest BCUT2D eigenvalue weighted by molar-refractivity contribution is 6.18. The van der Waals surface area contributed by atoms with E-state index in [4.69, 9.17) is 11.6 Å². The van der Waals surface area contributed by atoms with Gasteiger partial charge in [-0.15, -0.1) is 11.6 Å². The molecule has 0 aromatic heterocycles. The number of unbranched alkanes of at least 4 members (excludes halogenated alkanes) is 8. The topological polar surface area (TPSA) is 3.24 Å². The molecule has 0 aromatic carbocycles. The number of hydrogen-bond acceptors (Lipinski definition) is 1. The van der Waals surface area contributed by atoms with Gasteiger partial charge in [0.15, 0.2) is 0 Å². The van der Waals surface area contributed by atoms with Crippen LogP contribution in [0.4, 0.5) is 0 Å². The predicted molar refractivity (Wildman–Crippen MR) is 84.7 cm³/mol. The summed E-state index contributed by atoms with van der Waals surface area (Å²) < 4.78 is 0. The summed E-state index contributed by atoms with van der Waals surface area (Å²) in [7, 11) is 0. The van der Waals surface area contributed by atoms with Crippen molar-refractivity contribution >= 4 is 11.6 Å². The van der Waals surface area contributed by atoms with Crippen molar-refractivity contribution < 1.29 is 0 Å². The van der Waals surface area contributed by atoms with Crippen LogP contribution in [0.5, 0.6) is 0 Å². The fourth-order valence-electron chi connectivity index (χ4n) is 2.31. The van der Waals surface area contributed by atoms with Crippen LogP contribution >= 0.6 is 11.6 Å². The predicted octanol–water partition coefficient (Wildman–Crippen LogP) is 5.47. The molecule has 0 atom stereocenters. The monoisotopic (exact) mass is 275 g/mol. The van der Waals surface area contributed by atoms with Crippen molar-refractivity contribution in [3.8, 4) is 0 Å². The van der Waals surface area contributed by atoms with Gasteiger partial charge >= 0.3 is 0 Å². The van der Waals surface area contributed by atoms with Crippen molar-refractivity contribution in [3.05, 3.63) is 0 Å². The van der Waals surface area contributed by atoms with Gasteiger partial charge in [0, 0.05) is 12.4 Å². The third-order valence-corrected chi connectivity index (χ3v) is 3.73. The van der Waals surface area contributed by atoms with Crippen molar-refractivity contribution in [1.29, 1.82) is 0 Å². The lowest BCUT2D eigenvalue weighted by Gasteiger charge is -2.20. The van der Waals surface area contributed by atoms with Crippen molar-refractivity contribution in [2.24, 2.45) is 0 Å². The van der Waals surface area contributed by atoms with Crippen LogP contribution in [-0.2, 0) is 0 Å². The number of alkyl halides is 1. The van der Waals surface area contributed by atoms with Crippen LogP contribution in [0, 0.1) is 0 Å². The van der Waals surface area contributed by atoms with Gasteiger partial charge in [-0.05, 0) is 25.9 Å². The van der Waals surface area contributed by atoms with Crippen LogP contribution in [0.1, 0.15) is 78.1 Å². The number of nitrogens with zero attached hydrogens (tertiary/aromatic N) is 1. The van der Waals surface area contributed by atoms with Gasteiger partial charge in [0.25, 0.3) is 0 Å². The molecule has 0 saturated heterocycles. The zero-order chi connectivity index (χ0) is 13.5. The summed E-state index contributed by atoms with van der Waals surface area (Å²) in [5.74, 6) is 0.779. The first-order chi connectivity index (χ1) is 8.85. The molecule has 0 N–H and O–H groups in total. The summed E-state index contributed by atoms with van der Waals surface area (Å²) in [5, 5.41) is 0. The maximum Gasteiger partial charge on any atom is 0.0351 e. The lowest BCUT2D eigenvalue weighted by Crippen LogP contribution is -2.28. The van der Waals surface area contributed by atoms with Crippen molar-refractivity contribution in [2.75, 3.05) is 25.5 Å². The minimum Gasteiger partial charge on any atom is -0.302 e. The van der Waals surface area contributed by atoms with Crippen LogP contribution in [0.15, 0.2) is 0 Å². The van der Waals surface area contributed by atoms with Gasteiger partial charge in [0.05, 0.1) is 0 Å². The molecule has 0 unspecified atom stereocenters. The van der Waals surface area contributed by atoms with Crippen molar-refractivity contribution in [2.45, 2.75) is 78.1 Å². The highest BCUT2D eigenvalue weighted by Crippen LogP contribution is 2.09. The van der Waals surface area contributed by atoms with E-state index in [2.05, 4.69) is 18.7 Å². The average Bonchev–Trinajstić information content (AvgIpc) is 2.39. The Morgan fingerprint density at radius 1 is 0.611 bits per heavy atom. The molecule has 0 heterocycles. The summed E-state index contributed by atoms with van der Waals surface area (Å²) in [6, 6.07) is 0. The standard InChI is InChI=1S/C16H34ClN/c1-3-5-7-8-9-10-11-12-15-18(16-13-17)14-6-4-2/h3-16H2,1-2H3. The largest absolute Gasteiger partial charge is 0.302 e. The zero-order valence-corrected chi connectivity index (χ0v) is 13.5. The molecule has 0 bridgehead atoms. The molecule has 0 aliphatic rings. The van der Waals surface area contributed by atoms with Crippen LogP contribution < -0.4 is 0 Å². The van der Waals surface area contributed by atoms with Gasteiger partial charge < -0.3 is 4.90 Å². The first-order valence-electron chi connectivity index (χ1n) is 8.13. The molecule has 0 aliphatic carbocycles. The summed E-state index contributed by atoms with van der Waals surface area (Å²) in [4.78, 5) is 2.54. The van der Waals surface area contributed by atoms with E-state index in [1.165, 1.54) is 77.3 Å². The third kappa shape index (κ3) is 12.7. The fourth-order valence-corrected chi connectivity index (χ4v) is 2.54. The van der Waals surface area contributed by atoms with Gasteiger partial charge in [0.1, 0.15) is 0 Å². The van der Waals surface area contributed by atoms with E-state index in [0.29, 0.717) is 0 Å². The molecule has 0 amide bonds. The minimum absolute atomic E-state index is 0.779. The maximum atomic E-state index is 5.84. The quantitative estimate of drug-likeness (QED) is 0.300. The lowest BCUT2D eigenvalue weighted by atomic mass is 10.1. The first kappa shape index (κ1) is 18.2. The van der Waals surface area contributed by atoms with E-state index in [1.807, 2.05) is 0 Å². The summed E-state index contributed by atoms with van der Waals surface area (Å²) in [6.45, 7) is 8.09. The van der Waals surface area contributed by atoms with E-state index in [9.17, 15) is 0 Å². The van der Waals surface area contributed by atoms with Gasteiger partial charge in [-0.25, -0.2) is 0 Å². The molecule has 110 valence electrons. The van der Waals surface area contributed by atoms with Crippen LogP contribution in [0.3, 0.4) is 0 Å². The lowest BCUT2D eigenvalue weighted by molar-refractivity contribution is 0.277. The number of halogens is 1. The molecule has 0 radical (unpaired) electrons. The Balaban J connectivity index is 3.31. The molecule has 0 fully saturated rings. The molecule has 0 spiro atoms. The molecule has 1 nitrogen and oxygen atoms in total. The van der Waals surface area contributed by atoms with Crippen LogP contribution in [0.2, 0.25) is 0 Å². The van der Waals surface area contributed by atoms with E-state index in [-0.39, 0.29) is 0 Å². The van der Waals surface area contributed by atoms with Crippen molar-refractivity contribution in [3.63, 3.8) is 0 Å². The maximum absolute atomic E-state index is 5.84. The van der Waals surface area contributed by atoms with Crippen LogP contribution in [0.25, 0.3) is 0 Å². The van der Waals surface area contributed by atoms with Crippen molar-refractivity contribution in [1.82, 2.24) is 4.90 Å².